The van der Waals surface area contributed by atoms with Crippen LogP contribution in [0.1, 0.15) is 0 Å². The van der Waals surface area contributed by atoms with Crippen molar-refractivity contribution < 1.29 is 115 Å². The molecule has 0 saturated carbocycles. The van der Waals surface area contributed by atoms with E-state index in [1.54, 1.807) is 0 Å². The zero-order valence-corrected chi connectivity index (χ0v) is 27.0. The minimum Gasteiger partial charge on any atom is -0.344 e. The smallest absolute Gasteiger partial charge is 0.344 e. The molecular weight excluding hydrogens is 738 g/mol. The van der Waals surface area contributed by atoms with Crippen LogP contribution < -0.4 is 73.8 Å². The zero-order chi connectivity index (χ0) is 27.0. The van der Waals surface area contributed by atoms with Crippen LogP contribution in [0, 0.1) is 0 Å². The molecule has 0 aliphatic rings. The van der Waals surface area contributed by atoms with E-state index in [2.05, 4.69) is 0 Å². The van der Waals surface area contributed by atoms with Crippen molar-refractivity contribution in [2.75, 3.05) is 0 Å². The first-order chi connectivity index (χ1) is 12.0. The third-order valence-electron chi connectivity index (χ3n) is 0. The summed E-state index contributed by atoms with van der Waals surface area (Å²) in [5, 5.41) is 0. The molecule has 0 amide bonds. The van der Waals surface area contributed by atoms with E-state index in [4.69, 9.17) is 115 Å². The maximum absolute atomic E-state index is 8.88. The Balaban J connectivity index is -0.00000000973. The molecule has 36 nitrogen and oxygen atoms in total. The fourth-order valence-electron chi connectivity index (χ4n) is 0. The first-order valence-corrected chi connectivity index (χ1v) is 14.1. The van der Waals surface area contributed by atoms with Crippen molar-refractivity contribution in [1.82, 2.24) is 73.8 Å². The molecule has 0 spiro atoms. The first-order valence-electron chi connectivity index (χ1n) is 4.70. The number of hydrogen-bond acceptors (Lipinski definition) is 18. The average molecular weight is 792 g/mol. The van der Waals surface area contributed by atoms with E-state index in [1.165, 1.54) is 0 Å². The van der Waals surface area contributed by atoms with Crippen molar-refractivity contribution in [1.29, 1.82) is 0 Å². The Bertz CT molecular complexity index is 490. The molecule has 42 heteroatoms. The van der Waals surface area contributed by atoms with E-state index in [0.717, 1.165) is 0 Å². The van der Waals surface area contributed by atoms with E-state index in [9.17, 15) is 0 Å². The number of hydrogen-bond donors (Lipinski definition) is 30. The minimum absolute atomic E-state index is 0. The van der Waals surface area contributed by atoms with Crippen molar-refractivity contribution >= 4 is 46.9 Å². The average Bonchev–Trinajstić information content (AvgIpc) is 1.94. The van der Waals surface area contributed by atoms with Crippen molar-refractivity contribution in [2.24, 2.45) is 0 Å². The van der Waals surface area contributed by atoms with Gasteiger partial charge in [-0.25, -0.2) is 27.4 Å². The summed E-state index contributed by atoms with van der Waals surface area (Å²) < 4.78 is 53.3. The van der Waals surface area contributed by atoms with Crippen LogP contribution in [0.15, 0.2) is 0 Å². The van der Waals surface area contributed by atoms with Gasteiger partial charge in [-0.1, -0.05) is 0 Å². The molecule has 0 aromatic rings. The highest BCUT2D eigenvalue weighted by Gasteiger charge is 2.02. The highest BCUT2D eigenvalue weighted by atomic mass is 31.2. The van der Waals surface area contributed by atoms with Crippen LogP contribution in [0.2, 0.25) is 0 Å². The van der Waals surface area contributed by atoms with Crippen molar-refractivity contribution in [3.8, 4) is 0 Å². The van der Waals surface area contributed by atoms with E-state index in [0.29, 0.717) is 0 Å². The maximum atomic E-state index is 8.88. The SMILES string of the molecule is N.N.N.N.N.N.N.N.N.N.N.N.O=P(O)(O)O.O=P(O)(O)O.O=P(O)(O)O.O=P(O)(O)O.O=P(O)(O)O.O=P(O)(O)O. The van der Waals surface area contributed by atoms with E-state index in [-0.39, 0.29) is 73.8 Å². The lowest BCUT2D eigenvalue weighted by molar-refractivity contribution is 0.272. The molecule has 0 radical (unpaired) electrons. The van der Waals surface area contributed by atoms with Gasteiger partial charge < -0.3 is 162 Å². The summed E-state index contributed by atoms with van der Waals surface area (Å²) in [7, 11) is -27.8. The van der Waals surface area contributed by atoms with Crippen molar-refractivity contribution in [3.05, 3.63) is 0 Å². The van der Waals surface area contributed by atoms with Crippen LogP contribution in [-0.2, 0) is 27.4 Å². The summed E-state index contributed by atoms with van der Waals surface area (Å²) in [6.45, 7) is 0. The number of phosphoric acid groups is 6. The summed E-state index contributed by atoms with van der Waals surface area (Å²) in [5.74, 6) is 0. The topological polar surface area (TPSA) is 887 Å². The van der Waals surface area contributed by atoms with Crippen molar-refractivity contribution in [2.45, 2.75) is 0 Å². The van der Waals surface area contributed by atoms with Crippen LogP contribution in [0.3, 0.4) is 0 Å². The summed E-state index contributed by atoms with van der Waals surface area (Å²) >= 11 is 0. The normalized spacial score (nSPS) is 8.43. The number of rotatable bonds is 0. The summed E-state index contributed by atoms with van der Waals surface area (Å²) in [5.41, 5.74) is 0. The molecule has 0 bridgehead atoms. The van der Waals surface area contributed by atoms with Gasteiger partial charge in [-0.3, -0.25) is 0 Å². The lowest BCUT2D eigenvalue weighted by Gasteiger charge is -1.82. The molecule has 54 N–H and O–H groups in total. The van der Waals surface area contributed by atoms with Gasteiger partial charge in [0.2, 0.25) is 0 Å². The molecule has 42 heavy (non-hydrogen) atoms. The van der Waals surface area contributed by atoms with Gasteiger partial charge in [0.25, 0.3) is 0 Å². The third kappa shape index (κ3) is 1900000. The quantitative estimate of drug-likeness (QED) is 0.105. The highest BCUT2D eigenvalue weighted by Crippen LogP contribution is 2.27. The fraction of sp³-hybridized carbons (Fsp3) is 0. The summed E-state index contributed by atoms with van der Waals surface area (Å²) in [6, 6.07) is 0. The van der Waals surface area contributed by atoms with Gasteiger partial charge in [0.15, 0.2) is 0 Å². The van der Waals surface area contributed by atoms with E-state index in [1.807, 2.05) is 0 Å². The molecule has 288 valence electrons. The second-order valence-electron chi connectivity index (χ2n) is 3.08. The van der Waals surface area contributed by atoms with Gasteiger partial charge in [0, 0.05) is 0 Å². The zero-order valence-electron chi connectivity index (χ0n) is 21.7. The molecule has 0 aliphatic carbocycles. The second-order valence-corrected chi connectivity index (χ2v) is 9.24. The molecule has 0 saturated heterocycles. The Morgan fingerprint density at radius 3 is 0.167 bits per heavy atom. The predicted molar refractivity (Wildman–Crippen MR) is 146 cm³/mol. The molecule has 0 rings (SSSR count). The maximum Gasteiger partial charge on any atom is 0.466 e. The van der Waals surface area contributed by atoms with Crippen molar-refractivity contribution in [3.63, 3.8) is 0 Å². The Morgan fingerprint density at radius 1 is 0.167 bits per heavy atom. The molecule has 0 unspecified atom stereocenters. The molecular formula is H54N12O24P6. The van der Waals surface area contributed by atoms with Crippen LogP contribution in [0.25, 0.3) is 0 Å². The molecule has 0 atom stereocenters. The summed E-state index contributed by atoms with van der Waals surface area (Å²) in [4.78, 5) is 129. The van der Waals surface area contributed by atoms with Gasteiger partial charge in [-0.05, 0) is 0 Å². The summed E-state index contributed by atoms with van der Waals surface area (Å²) in [6.07, 6.45) is 0. The van der Waals surface area contributed by atoms with E-state index >= 15 is 0 Å². The standard InChI is InChI=1S/12H3N.6H3O4P/c;;;;;;;;;;;;6*1-5(2,3)4/h12*1H3;6*(H3,1,2,3,4). The van der Waals surface area contributed by atoms with Crippen LogP contribution in [-0.4, -0.2) is 88.1 Å². The molecule has 0 aromatic heterocycles. The van der Waals surface area contributed by atoms with Gasteiger partial charge in [-0.2, -0.15) is 0 Å². The lowest BCUT2D eigenvalue weighted by Crippen LogP contribution is -1.66. The Labute approximate surface area is 237 Å². The molecule has 0 fully saturated rings. The van der Waals surface area contributed by atoms with Crippen LogP contribution in [0.4, 0.5) is 0 Å². The van der Waals surface area contributed by atoms with Gasteiger partial charge in [0.1, 0.15) is 0 Å². The molecule has 0 heterocycles. The lowest BCUT2D eigenvalue weighted by atomic mass is 14.0. The van der Waals surface area contributed by atoms with Crippen LogP contribution in [0.5, 0.6) is 0 Å². The van der Waals surface area contributed by atoms with Gasteiger partial charge >= 0.3 is 46.9 Å². The minimum atomic E-state index is -4.64. The monoisotopic (exact) mass is 792 g/mol. The Morgan fingerprint density at radius 2 is 0.167 bits per heavy atom. The highest BCUT2D eigenvalue weighted by molar-refractivity contribution is 7.46. The fourth-order valence-corrected chi connectivity index (χ4v) is 0. The Hall–Kier alpha value is 0.180. The third-order valence-corrected chi connectivity index (χ3v) is 0. The van der Waals surface area contributed by atoms with Crippen LogP contribution >= 0.6 is 46.9 Å². The molecule has 0 aliphatic heterocycles. The van der Waals surface area contributed by atoms with Gasteiger partial charge in [-0.15, -0.1) is 0 Å². The van der Waals surface area contributed by atoms with E-state index < -0.39 is 46.9 Å². The Kier molecular flexibility index (Phi) is 148. The molecule has 0 aromatic carbocycles. The first kappa shape index (κ1) is 122. The second kappa shape index (κ2) is 50.8. The predicted octanol–water partition coefficient (Wildman–Crippen LogP) is -3.63. The van der Waals surface area contributed by atoms with Gasteiger partial charge in [0.05, 0.1) is 0 Å². The largest absolute Gasteiger partial charge is 0.466 e.